The van der Waals surface area contributed by atoms with Crippen LogP contribution in [-0.4, -0.2) is 0 Å². The summed E-state index contributed by atoms with van der Waals surface area (Å²) in [6, 6.07) is 31.1. The molecule has 0 unspecified atom stereocenters. The lowest BCUT2D eigenvalue weighted by Gasteiger charge is -2.25. The molecule has 0 spiro atoms. The lowest BCUT2D eigenvalue weighted by Crippen LogP contribution is -2.20. The largest absolute Gasteiger partial charge is 0.338 e. The molecule has 1 heteroatoms. The highest BCUT2D eigenvalue weighted by atomic mass is 15.1. The standard InChI is InChI=1S/C23H21N/c1-20(17-18-21-11-5-2-6-12-21)24(23-15-9-4-10-16-23)19-22-13-7-3-8-14-22/h2-18H,1,19H2/b18-17+. The highest BCUT2D eigenvalue weighted by Gasteiger charge is 2.09. The van der Waals surface area contributed by atoms with Crippen LogP contribution in [0.1, 0.15) is 11.1 Å². The Morgan fingerprint density at radius 1 is 0.750 bits per heavy atom. The molecule has 0 saturated carbocycles. The molecule has 3 rings (SSSR count). The number of rotatable bonds is 6. The van der Waals surface area contributed by atoms with Crippen LogP contribution in [0.3, 0.4) is 0 Å². The van der Waals surface area contributed by atoms with E-state index in [0.717, 1.165) is 17.9 Å². The van der Waals surface area contributed by atoms with Crippen LogP contribution in [0.25, 0.3) is 6.08 Å². The highest BCUT2D eigenvalue weighted by molar-refractivity contribution is 5.59. The van der Waals surface area contributed by atoms with Gasteiger partial charge in [0, 0.05) is 17.9 Å². The van der Waals surface area contributed by atoms with Gasteiger partial charge in [0.05, 0.1) is 0 Å². The molecule has 24 heavy (non-hydrogen) atoms. The van der Waals surface area contributed by atoms with Gasteiger partial charge in [-0.1, -0.05) is 91.5 Å². The van der Waals surface area contributed by atoms with Crippen molar-refractivity contribution in [2.45, 2.75) is 6.54 Å². The third-order valence-electron chi connectivity index (χ3n) is 3.87. The van der Waals surface area contributed by atoms with Gasteiger partial charge in [0.15, 0.2) is 0 Å². The number of hydrogen-bond acceptors (Lipinski definition) is 1. The van der Waals surface area contributed by atoms with Gasteiger partial charge >= 0.3 is 0 Å². The summed E-state index contributed by atoms with van der Waals surface area (Å²) in [5.41, 5.74) is 4.54. The molecule has 0 aliphatic carbocycles. The van der Waals surface area contributed by atoms with Crippen LogP contribution < -0.4 is 4.90 Å². The van der Waals surface area contributed by atoms with Crippen LogP contribution in [-0.2, 0) is 6.54 Å². The molecule has 0 aliphatic heterocycles. The minimum Gasteiger partial charge on any atom is -0.338 e. The summed E-state index contributed by atoms with van der Waals surface area (Å²) >= 11 is 0. The van der Waals surface area contributed by atoms with Gasteiger partial charge in [0.1, 0.15) is 0 Å². The molecule has 1 nitrogen and oxygen atoms in total. The van der Waals surface area contributed by atoms with E-state index in [2.05, 4.69) is 84.3 Å². The fourth-order valence-corrected chi connectivity index (χ4v) is 2.58. The summed E-state index contributed by atoms with van der Waals surface area (Å²) in [5.74, 6) is 0. The van der Waals surface area contributed by atoms with Gasteiger partial charge in [0.25, 0.3) is 0 Å². The Morgan fingerprint density at radius 3 is 1.92 bits per heavy atom. The number of anilines is 1. The Labute approximate surface area is 144 Å². The molecular formula is C23H21N. The second-order valence-corrected chi connectivity index (χ2v) is 5.64. The minimum absolute atomic E-state index is 0.794. The number of para-hydroxylation sites is 1. The second kappa shape index (κ2) is 7.98. The molecule has 3 aromatic carbocycles. The number of hydrogen-bond donors (Lipinski definition) is 0. The van der Waals surface area contributed by atoms with Gasteiger partial charge < -0.3 is 4.90 Å². The van der Waals surface area contributed by atoms with E-state index >= 15 is 0 Å². The Hall–Kier alpha value is -3.06. The molecule has 0 atom stereocenters. The quantitative estimate of drug-likeness (QED) is 0.511. The number of allylic oxidation sites excluding steroid dienone is 1. The molecule has 118 valence electrons. The monoisotopic (exact) mass is 311 g/mol. The number of nitrogens with zero attached hydrogens (tertiary/aromatic N) is 1. The van der Waals surface area contributed by atoms with E-state index in [4.69, 9.17) is 0 Å². The molecule has 0 saturated heterocycles. The molecule has 0 heterocycles. The first-order valence-corrected chi connectivity index (χ1v) is 8.11. The highest BCUT2D eigenvalue weighted by Crippen LogP contribution is 2.22. The van der Waals surface area contributed by atoms with Crippen LogP contribution >= 0.6 is 0 Å². The normalized spacial score (nSPS) is 10.7. The average Bonchev–Trinajstić information content (AvgIpc) is 2.66. The third-order valence-corrected chi connectivity index (χ3v) is 3.87. The molecular weight excluding hydrogens is 290 g/mol. The summed E-state index contributed by atoms with van der Waals surface area (Å²) in [5, 5.41) is 0. The number of benzene rings is 3. The predicted octanol–water partition coefficient (Wildman–Crippen LogP) is 5.92. The minimum atomic E-state index is 0.794. The van der Waals surface area contributed by atoms with E-state index in [1.165, 1.54) is 11.1 Å². The summed E-state index contributed by atoms with van der Waals surface area (Å²) in [4.78, 5) is 2.23. The molecule has 0 aromatic heterocycles. The van der Waals surface area contributed by atoms with E-state index in [1.807, 2.05) is 30.3 Å². The maximum absolute atomic E-state index is 4.28. The van der Waals surface area contributed by atoms with Crippen molar-refractivity contribution >= 4 is 11.8 Å². The molecule has 0 aliphatic rings. The van der Waals surface area contributed by atoms with Crippen LogP contribution in [0, 0.1) is 0 Å². The Balaban J connectivity index is 1.84. The first kappa shape index (κ1) is 15.8. The van der Waals surface area contributed by atoms with Crippen molar-refractivity contribution in [1.29, 1.82) is 0 Å². The smallest absolute Gasteiger partial charge is 0.0481 e. The summed E-state index contributed by atoms with van der Waals surface area (Å²) < 4.78 is 0. The van der Waals surface area contributed by atoms with Gasteiger partial charge in [-0.3, -0.25) is 0 Å². The maximum Gasteiger partial charge on any atom is 0.0481 e. The first-order valence-electron chi connectivity index (χ1n) is 8.11. The average molecular weight is 311 g/mol. The zero-order chi connectivity index (χ0) is 16.6. The van der Waals surface area contributed by atoms with Gasteiger partial charge in [-0.2, -0.15) is 0 Å². The fourth-order valence-electron chi connectivity index (χ4n) is 2.58. The Bertz CT molecular complexity index is 789. The van der Waals surface area contributed by atoms with Crippen LogP contribution in [0.5, 0.6) is 0 Å². The Morgan fingerprint density at radius 2 is 1.29 bits per heavy atom. The van der Waals surface area contributed by atoms with E-state index in [9.17, 15) is 0 Å². The van der Waals surface area contributed by atoms with Gasteiger partial charge in [-0.15, -0.1) is 0 Å². The fraction of sp³-hybridized carbons (Fsp3) is 0.0435. The summed E-state index contributed by atoms with van der Waals surface area (Å²) in [6.45, 7) is 5.08. The van der Waals surface area contributed by atoms with Crippen molar-refractivity contribution in [3.8, 4) is 0 Å². The van der Waals surface area contributed by atoms with Crippen molar-refractivity contribution in [2.24, 2.45) is 0 Å². The van der Waals surface area contributed by atoms with E-state index in [0.29, 0.717) is 0 Å². The van der Waals surface area contributed by atoms with Crippen molar-refractivity contribution in [3.63, 3.8) is 0 Å². The van der Waals surface area contributed by atoms with Gasteiger partial charge in [-0.05, 0) is 29.3 Å². The molecule has 0 fully saturated rings. The van der Waals surface area contributed by atoms with E-state index in [1.54, 1.807) is 0 Å². The topological polar surface area (TPSA) is 3.24 Å². The lowest BCUT2D eigenvalue weighted by molar-refractivity contribution is 0.938. The van der Waals surface area contributed by atoms with Crippen molar-refractivity contribution in [2.75, 3.05) is 4.90 Å². The van der Waals surface area contributed by atoms with Crippen molar-refractivity contribution in [3.05, 3.63) is 120 Å². The predicted molar refractivity (Wildman–Crippen MR) is 104 cm³/mol. The second-order valence-electron chi connectivity index (χ2n) is 5.64. The van der Waals surface area contributed by atoms with E-state index < -0.39 is 0 Å². The molecule has 0 N–H and O–H groups in total. The zero-order valence-electron chi connectivity index (χ0n) is 13.7. The van der Waals surface area contributed by atoms with Crippen molar-refractivity contribution < 1.29 is 0 Å². The zero-order valence-corrected chi connectivity index (χ0v) is 13.7. The Kier molecular flexibility index (Phi) is 5.26. The van der Waals surface area contributed by atoms with Crippen LogP contribution in [0.2, 0.25) is 0 Å². The molecule has 0 bridgehead atoms. The first-order chi connectivity index (χ1) is 11.8. The summed E-state index contributed by atoms with van der Waals surface area (Å²) in [6.07, 6.45) is 4.18. The molecule has 0 amide bonds. The maximum atomic E-state index is 4.28. The van der Waals surface area contributed by atoms with Gasteiger partial charge in [0.2, 0.25) is 0 Å². The molecule has 0 radical (unpaired) electrons. The van der Waals surface area contributed by atoms with Crippen LogP contribution in [0.4, 0.5) is 5.69 Å². The van der Waals surface area contributed by atoms with Gasteiger partial charge in [-0.25, -0.2) is 0 Å². The van der Waals surface area contributed by atoms with Crippen LogP contribution in [0.15, 0.2) is 109 Å². The van der Waals surface area contributed by atoms with E-state index in [-0.39, 0.29) is 0 Å². The van der Waals surface area contributed by atoms with Crippen molar-refractivity contribution in [1.82, 2.24) is 0 Å². The lowest BCUT2D eigenvalue weighted by atomic mass is 10.1. The SMILES string of the molecule is C=C(/C=C/c1ccccc1)N(Cc1ccccc1)c1ccccc1. The summed E-state index contributed by atoms with van der Waals surface area (Å²) in [7, 11) is 0. The third kappa shape index (κ3) is 4.23. The molecule has 3 aromatic rings.